The Morgan fingerprint density at radius 1 is 1.12 bits per heavy atom. The summed E-state index contributed by atoms with van der Waals surface area (Å²) in [4.78, 5) is 4.91. The highest BCUT2D eigenvalue weighted by molar-refractivity contribution is 5.84. The molecule has 0 N–H and O–H groups in total. The lowest BCUT2D eigenvalue weighted by atomic mass is 9.85. The molecule has 0 amide bonds. The summed E-state index contributed by atoms with van der Waals surface area (Å²) in [7, 11) is 0. The molecule has 1 aliphatic carbocycles. The molecule has 1 fully saturated rings. The maximum Gasteiger partial charge on any atom is 0.0891 e. The van der Waals surface area contributed by atoms with Crippen LogP contribution in [-0.4, -0.2) is 18.9 Å². The predicted molar refractivity (Wildman–Crippen MR) is 113 cm³/mol. The Kier molecular flexibility index (Phi) is 8.58. The Morgan fingerprint density at radius 2 is 1.81 bits per heavy atom. The summed E-state index contributed by atoms with van der Waals surface area (Å²) in [5.41, 5.74) is 6.34. The summed E-state index contributed by atoms with van der Waals surface area (Å²) in [5, 5.41) is 0. The minimum absolute atomic E-state index is 0.411. The number of rotatable bonds is 8. The molecule has 0 aliphatic heterocycles. The van der Waals surface area contributed by atoms with Gasteiger partial charge in [-0.05, 0) is 67.7 Å². The Hall–Kier alpha value is -1.41. The molecule has 2 atom stereocenters. The fourth-order valence-electron chi connectivity index (χ4n) is 4.02. The molecular formula is C24H37NO. The molecule has 0 aromatic heterocycles. The summed E-state index contributed by atoms with van der Waals surface area (Å²) in [5.74, 6) is 0.844. The molecule has 144 valence electrons. The minimum Gasteiger partial charge on any atom is -0.372 e. The van der Waals surface area contributed by atoms with E-state index < -0.39 is 0 Å². The third-order valence-electron chi connectivity index (χ3n) is 5.92. The molecule has 1 saturated carbocycles. The number of allylic oxidation sites excluding steroid dienone is 1. The normalized spacial score (nSPS) is 20.5. The van der Waals surface area contributed by atoms with Crippen LogP contribution >= 0.6 is 0 Å². The average Bonchev–Trinajstić information content (AvgIpc) is 2.66. The molecule has 1 aromatic rings. The van der Waals surface area contributed by atoms with E-state index in [2.05, 4.69) is 52.8 Å². The number of aryl methyl sites for hydroxylation is 2. The topological polar surface area (TPSA) is 21.6 Å². The van der Waals surface area contributed by atoms with Crippen LogP contribution in [0.2, 0.25) is 0 Å². The van der Waals surface area contributed by atoms with Crippen LogP contribution < -0.4 is 0 Å². The van der Waals surface area contributed by atoms with Crippen molar-refractivity contribution in [1.29, 1.82) is 0 Å². The molecule has 0 heterocycles. The van der Waals surface area contributed by atoms with Crippen LogP contribution in [-0.2, 0) is 4.74 Å². The molecule has 2 unspecified atom stereocenters. The fraction of sp³-hybridized carbons (Fsp3) is 0.625. The van der Waals surface area contributed by atoms with Crippen molar-refractivity contribution in [2.24, 2.45) is 10.9 Å². The largest absolute Gasteiger partial charge is 0.372 e. The highest BCUT2D eigenvalue weighted by atomic mass is 16.5. The molecule has 0 spiro atoms. The molecule has 0 saturated heterocycles. The molecule has 0 radical (unpaired) electrons. The van der Waals surface area contributed by atoms with E-state index in [4.69, 9.17) is 9.73 Å². The van der Waals surface area contributed by atoms with Gasteiger partial charge in [0.2, 0.25) is 0 Å². The van der Waals surface area contributed by atoms with E-state index in [0.29, 0.717) is 12.7 Å². The second kappa shape index (κ2) is 10.7. The van der Waals surface area contributed by atoms with E-state index in [-0.39, 0.29) is 0 Å². The number of ether oxygens (including phenoxy) is 1. The van der Waals surface area contributed by atoms with E-state index >= 15 is 0 Å². The number of hydrogen-bond donors (Lipinski definition) is 0. The van der Waals surface area contributed by atoms with Gasteiger partial charge in [0.25, 0.3) is 0 Å². The molecule has 2 heteroatoms. The lowest BCUT2D eigenvalue weighted by Gasteiger charge is -2.28. The maximum atomic E-state index is 6.34. The van der Waals surface area contributed by atoms with E-state index in [0.717, 1.165) is 24.5 Å². The van der Waals surface area contributed by atoms with Crippen molar-refractivity contribution in [2.45, 2.75) is 85.7 Å². The lowest BCUT2D eigenvalue weighted by Crippen LogP contribution is -2.23. The van der Waals surface area contributed by atoms with Crippen LogP contribution in [0.1, 0.15) is 82.4 Å². The van der Waals surface area contributed by atoms with Crippen LogP contribution in [0.5, 0.6) is 0 Å². The second-order valence-corrected chi connectivity index (χ2v) is 7.69. The van der Waals surface area contributed by atoms with Crippen LogP contribution in [0.4, 0.5) is 0 Å². The van der Waals surface area contributed by atoms with Gasteiger partial charge >= 0.3 is 0 Å². The van der Waals surface area contributed by atoms with Gasteiger partial charge in [0, 0.05) is 6.21 Å². The van der Waals surface area contributed by atoms with Gasteiger partial charge in [-0.3, -0.25) is 4.99 Å². The van der Waals surface area contributed by atoms with Crippen molar-refractivity contribution in [3.63, 3.8) is 0 Å². The Morgan fingerprint density at radius 3 is 2.42 bits per heavy atom. The molecule has 0 bridgehead atoms. The first kappa shape index (κ1) is 20.9. The lowest BCUT2D eigenvalue weighted by molar-refractivity contribution is 0.0244. The smallest absolute Gasteiger partial charge is 0.0891 e. The Labute approximate surface area is 160 Å². The molecular weight excluding hydrogens is 318 g/mol. The van der Waals surface area contributed by atoms with Gasteiger partial charge in [0.15, 0.2) is 0 Å². The Balaban J connectivity index is 2.12. The predicted octanol–water partition coefficient (Wildman–Crippen LogP) is 6.78. The summed E-state index contributed by atoms with van der Waals surface area (Å²) in [6, 6.07) is 6.42. The fourth-order valence-corrected chi connectivity index (χ4v) is 4.02. The highest BCUT2D eigenvalue weighted by Crippen LogP contribution is 2.29. The van der Waals surface area contributed by atoms with Gasteiger partial charge in [0.1, 0.15) is 0 Å². The molecule has 2 rings (SSSR count). The van der Waals surface area contributed by atoms with Crippen molar-refractivity contribution in [3.05, 3.63) is 46.2 Å². The van der Waals surface area contributed by atoms with Crippen molar-refractivity contribution < 1.29 is 4.74 Å². The number of nitrogens with zero attached hydrogens (tertiary/aromatic N) is 1. The zero-order valence-electron chi connectivity index (χ0n) is 17.5. The Bertz CT molecular complexity index is 603. The maximum absolute atomic E-state index is 6.34. The first-order chi connectivity index (χ1) is 12.6. The zero-order valence-corrected chi connectivity index (χ0v) is 17.5. The quantitative estimate of drug-likeness (QED) is 0.471. The molecule has 1 aliphatic rings. The average molecular weight is 356 g/mol. The van der Waals surface area contributed by atoms with Crippen molar-refractivity contribution >= 4 is 6.21 Å². The van der Waals surface area contributed by atoms with Gasteiger partial charge < -0.3 is 4.74 Å². The second-order valence-electron chi connectivity index (χ2n) is 7.69. The third-order valence-corrected chi connectivity index (χ3v) is 5.92. The number of benzene rings is 1. The molecule has 2 nitrogen and oxygen atoms in total. The number of aliphatic imine (C=N–C) groups is 1. The van der Waals surface area contributed by atoms with Crippen molar-refractivity contribution in [2.75, 3.05) is 6.61 Å². The number of hydrogen-bond acceptors (Lipinski definition) is 2. The summed E-state index contributed by atoms with van der Waals surface area (Å²) < 4.78 is 6.34. The highest BCUT2D eigenvalue weighted by Gasteiger charge is 2.21. The van der Waals surface area contributed by atoms with Gasteiger partial charge in [0.05, 0.1) is 18.4 Å². The van der Waals surface area contributed by atoms with Crippen LogP contribution in [0, 0.1) is 19.8 Å². The van der Waals surface area contributed by atoms with Crippen molar-refractivity contribution in [1.82, 2.24) is 0 Å². The summed E-state index contributed by atoms with van der Waals surface area (Å²) in [6.45, 7) is 11.7. The third kappa shape index (κ3) is 5.81. The zero-order chi connectivity index (χ0) is 18.9. The first-order valence-electron chi connectivity index (χ1n) is 10.5. The van der Waals surface area contributed by atoms with E-state index in [1.807, 2.05) is 6.21 Å². The van der Waals surface area contributed by atoms with Crippen molar-refractivity contribution in [3.8, 4) is 0 Å². The minimum atomic E-state index is 0.411. The monoisotopic (exact) mass is 355 g/mol. The van der Waals surface area contributed by atoms with Crippen LogP contribution in [0.15, 0.2) is 34.5 Å². The SMILES string of the molecule is CCC(CC)=C(COC1CCCC(CC)C1)N=Cc1c(C)cccc1C. The van der Waals surface area contributed by atoms with Crippen LogP contribution in [0.3, 0.4) is 0 Å². The van der Waals surface area contributed by atoms with E-state index in [1.165, 1.54) is 54.4 Å². The first-order valence-corrected chi connectivity index (χ1v) is 10.5. The van der Waals surface area contributed by atoms with Gasteiger partial charge in [-0.15, -0.1) is 0 Å². The standard InChI is InChI=1S/C24H37NO/c1-6-20-13-10-14-22(15-20)26-17-24(21(7-2)8-3)25-16-23-18(4)11-9-12-19(23)5/h9,11-12,16,20,22H,6-8,10,13-15,17H2,1-5H3. The van der Waals surface area contributed by atoms with Gasteiger partial charge in [-0.2, -0.15) is 0 Å². The molecule has 26 heavy (non-hydrogen) atoms. The van der Waals surface area contributed by atoms with Gasteiger partial charge in [-0.1, -0.05) is 58.2 Å². The van der Waals surface area contributed by atoms with Gasteiger partial charge in [-0.25, -0.2) is 0 Å². The van der Waals surface area contributed by atoms with E-state index in [1.54, 1.807) is 0 Å². The van der Waals surface area contributed by atoms with Crippen LogP contribution in [0.25, 0.3) is 0 Å². The van der Waals surface area contributed by atoms with E-state index in [9.17, 15) is 0 Å². The summed E-state index contributed by atoms with van der Waals surface area (Å²) in [6.07, 6.45) is 10.9. The summed E-state index contributed by atoms with van der Waals surface area (Å²) >= 11 is 0. The molecule has 1 aromatic carbocycles.